The quantitative estimate of drug-likeness (QED) is 0.658. The van der Waals surface area contributed by atoms with Crippen molar-refractivity contribution in [2.24, 2.45) is 0 Å². The van der Waals surface area contributed by atoms with Gasteiger partial charge >= 0.3 is 12.4 Å². The van der Waals surface area contributed by atoms with Crippen LogP contribution in [0.5, 0.6) is 0 Å². The number of aromatic nitrogens is 1. The van der Waals surface area contributed by atoms with Crippen LogP contribution in [0.25, 0.3) is 0 Å². The van der Waals surface area contributed by atoms with Gasteiger partial charge in [0.1, 0.15) is 5.37 Å². The third kappa shape index (κ3) is 4.20. The highest BCUT2D eigenvalue weighted by Gasteiger charge is 2.39. The minimum absolute atomic E-state index is 0.00805. The Labute approximate surface area is 154 Å². The lowest BCUT2D eigenvalue weighted by Crippen LogP contribution is -2.31. The van der Waals surface area contributed by atoms with E-state index in [1.165, 1.54) is 29.1 Å². The van der Waals surface area contributed by atoms with Gasteiger partial charge in [-0.3, -0.25) is 9.78 Å². The van der Waals surface area contributed by atoms with E-state index in [0.29, 0.717) is 23.4 Å². The summed E-state index contributed by atoms with van der Waals surface area (Å²) in [5, 5.41) is -0.518. The summed E-state index contributed by atoms with van der Waals surface area (Å²) in [5.74, 6) is -0.374. The van der Waals surface area contributed by atoms with Crippen molar-refractivity contribution < 1.29 is 31.1 Å². The Morgan fingerprint density at radius 3 is 2.22 bits per heavy atom. The zero-order chi connectivity index (χ0) is 19.8. The molecular weight excluding hydrogens is 394 g/mol. The Morgan fingerprint density at radius 1 is 1.07 bits per heavy atom. The van der Waals surface area contributed by atoms with Gasteiger partial charge in [0.2, 0.25) is 0 Å². The first-order valence-corrected chi connectivity index (χ1v) is 8.74. The van der Waals surface area contributed by atoms with E-state index in [-0.39, 0.29) is 12.6 Å². The third-order valence-corrected chi connectivity index (χ3v) is 5.22. The van der Waals surface area contributed by atoms with Gasteiger partial charge < -0.3 is 4.90 Å². The molecule has 27 heavy (non-hydrogen) atoms. The van der Waals surface area contributed by atoms with Crippen LogP contribution in [0, 0.1) is 0 Å². The molecule has 0 radical (unpaired) electrons. The minimum Gasteiger partial charge on any atom is -0.322 e. The lowest BCUT2D eigenvalue weighted by Gasteiger charge is -2.24. The fourth-order valence-corrected chi connectivity index (χ4v) is 3.96. The number of pyridine rings is 1. The smallest absolute Gasteiger partial charge is 0.322 e. The summed E-state index contributed by atoms with van der Waals surface area (Å²) < 4.78 is 78.1. The van der Waals surface area contributed by atoms with E-state index >= 15 is 0 Å². The van der Waals surface area contributed by atoms with Gasteiger partial charge in [-0.2, -0.15) is 26.3 Å². The van der Waals surface area contributed by atoms with Gasteiger partial charge in [-0.25, -0.2) is 0 Å². The molecule has 2 heterocycles. The lowest BCUT2D eigenvalue weighted by molar-refractivity contribution is -0.143. The van der Waals surface area contributed by atoms with E-state index in [4.69, 9.17) is 0 Å². The van der Waals surface area contributed by atoms with Gasteiger partial charge in [0.05, 0.1) is 11.1 Å². The molecular formula is C17H12F6N2OS. The van der Waals surface area contributed by atoms with Gasteiger partial charge in [0.25, 0.3) is 5.91 Å². The number of hydrogen-bond donors (Lipinski definition) is 0. The zero-order valence-corrected chi connectivity index (χ0v) is 14.3. The molecule has 0 bridgehead atoms. The molecule has 0 unspecified atom stereocenters. The number of amides is 1. The van der Waals surface area contributed by atoms with Crippen molar-refractivity contribution in [3.8, 4) is 0 Å². The van der Waals surface area contributed by atoms with Crippen molar-refractivity contribution in [2.75, 3.05) is 12.3 Å². The first-order chi connectivity index (χ1) is 12.6. The second-order valence-corrected chi connectivity index (χ2v) is 6.99. The molecule has 10 heteroatoms. The van der Waals surface area contributed by atoms with Crippen molar-refractivity contribution in [3.05, 3.63) is 65.0 Å². The highest BCUT2D eigenvalue weighted by molar-refractivity contribution is 7.99. The summed E-state index contributed by atoms with van der Waals surface area (Å²) in [4.78, 5) is 17.9. The fraction of sp³-hybridized carbons (Fsp3) is 0.294. The Balaban J connectivity index is 2.01. The molecule has 3 nitrogen and oxygen atoms in total. The molecule has 1 atom stereocenters. The largest absolute Gasteiger partial charge is 0.416 e. The van der Waals surface area contributed by atoms with Crippen molar-refractivity contribution in [2.45, 2.75) is 17.7 Å². The van der Waals surface area contributed by atoms with Crippen LogP contribution in [-0.4, -0.2) is 28.1 Å². The SMILES string of the molecule is O=C(c1cc(C(F)(F)F)cc(C(F)(F)F)c1)N1CCS[C@@H]1c1cccnc1. The molecule has 1 saturated heterocycles. The Bertz CT molecular complexity index is 805. The molecule has 144 valence electrons. The molecule has 0 aliphatic carbocycles. The van der Waals surface area contributed by atoms with E-state index in [9.17, 15) is 31.1 Å². The standard InChI is InChI=1S/C17H12F6N2OS/c18-16(19,20)12-6-11(7-13(8-12)17(21,22)23)14(26)25-4-5-27-15(25)10-2-1-3-24-9-10/h1-3,6-9,15H,4-5H2/t15-/m1/s1. The highest BCUT2D eigenvalue weighted by atomic mass is 32.2. The summed E-state index contributed by atoms with van der Waals surface area (Å²) in [6, 6.07) is 4.27. The maximum atomic E-state index is 13.0. The van der Waals surface area contributed by atoms with Crippen molar-refractivity contribution in [1.29, 1.82) is 0 Å². The average molecular weight is 406 g/mol. The normalized spacial score (nSPS) is 18.0. The Morgan fingerprint density at radius 2 is 1.70 bits per heavy atom. The van der Waals surface area contributed by atoms with Gasteiger partial charge in [-0.15, -0.1) is 11.8 Å². The number of thioether (sulfide) groups is 1. The molecule has 0 spiro atoms. The summed E-state index contributed by atoms with van der Waals surface area (Å²) in [6.07, 6.45) is -6.97. The number of benzene rings is 1. The molecule has 3 rings (SSSR count). The van der Waals surface area contributed by atoms with Gasteiger partial charge in [0, 0.05) is 35.8 Å². The number of carbonyl (C=O) groups excluding carboxylic acids is 1. The first kappa shape index (κ1) is 19.5. The first-order valence-electron chi connectivity index (χ1n) is 7.69. The topological polar surface area (TPSA) is 33.2 Å². The van der Waals surface area contributed by atoms with Crippen LogP contribution >= 0.6 is 11.8 Å². The van der Waals surface area contributed by atoms with E-state index in [1.54, 1.807) is 12.1 Å². The number of halogens is 6. The second-order valence-electron chi connectivity index (χ2n) is 5.80. The number of carbonyl (C=O) groups is 1. The number of alkyl halides is 6. The van der Waals surface area contributed by atoms with E-state index in [1.807, 2.05) is 0 Å². The van der Waals surface area contributed by atoms with E-state index in [2.05, 4.69) is 4.98 Å². The molecule has 2 aromatic rings. The third-order valence-electron chi connectivity index (χ3n) is 3.96. The summed E-state index contributed by atoms with van der Waals surface area (Å²) in [5.41, 5.74) is -3.01. The Hall–Kier alpha value is -2.23. The molecule has 1 aromatic carbocycles. The monoisotopic (exact) mass is 406 g/mol. The zero-order valence-electron chi connectivity index (χ0n) is 13.5. The van der Waals surface area contributed by atoms with E-state index in [0.717, 1.165) is 0 Å². The summed E-state index contributed by atoms with van der Waals surface area (Å²) in [6.45, 7) is 0.209. The van der Waals surface area contributed by atoms with Crippen molar-refractivity contribution in [1.82, 2.24) is 9.88 Å². The minimum atomic E-state index is -5.00. The molecule has 1 aliphatic rings. The number of rotatable bonds is 2. The van der Waals surface area contributed by atoms with Crippen LogP contribution in [-0.2, 0) is 12.4 Å². The van der Waals surface area contributed by atoms with Crippen LogP contribution in [0.15, 0.2) is 42.7 Å². The average Bonchev–Trinajstić information content (AvgIpc) is 3.09. The highest BCUT2D eigenvalue weighted by Crippen LogP contribution is 2.40. The lowest BCUT2D eigenvalue weighted by atomic mass is 10.0. The Kier molecular flexibility index (Phi) is 5.11. The van der Waals surface area contributed by atoms with Crippen LogP contribution in [0.1, 0.15) is 32.4 Å². The molecule has 1 aromatic heterocycles. The maximum absolute atomic E-state index is 13.0. The van der Waals surface area contributed by atoms with Crippen LogP contribution in [0.4, 0.5) is 26.3 Å². The summed E-state index contributed by atoms with van der Waals surface area (Å²) in [7, 11) is 0. The van der Waals surface area contributed by atoms with Crippen LogP contribution < -0.4 is 0 Å². The second kappa shape index (κ2) is 7.06. The van der Waals surface area contributed by atoms with Crippen LogP contribution in [0.2, 0.25) is 0 Å². The van der Waals surface area contributed by atoms with Gasteiger partial charge in [0.15, 0.2) is 0 Å². The van der Waals surface area contributed by atoms with Crippen molar-refractivity contribution in [3.63, 3.8) is 0 Å². The summed E-state index contributed by atoms with van der Waals surface area (Å²) >= 11 is 1.37. The van der Waals surface area contributed by atoms with Gasteiger partial charge in [-0.05, 0) is 24.3 Å². The van der Waals surface area contributed by atoms with Crippen molar-refractivity contribution >= 4 is 17.7 Å². The fourth-order valence-electron chi connectivity index (χ4n) is 2.72. The predicted octanol–water partition coefficient (Wildman–Crippen LogP) is 5.01. The maximum Gasteiger partial charge on any atom is 0.416 e. The molecule has 1 fully saturated rings. The molecule has 0 saturated carbocycles. The molecule has 1 aliphatic heterocycles. The molecule has 1 amide bonds. The van der Waals surface area contributed by atoms with Gasteiger partial charge in [-0.1, -0.05) is 6.07 Å². The van der Waals surface area contributed by atoms with Crippen LogP contribution in [0.3, 0.4) is 0 Å². The van der Waals surface area contributed by atoms with E-state index < -0.39 is 40.3 Å². The number of hydrogen-bond acceptors (Lipinski definition) is 3. The predicted molar refractivity (Wildman–Crippen MR) is 86.9 cm³/mol. The molecule has 0 N–H and O–H groups in total. The number of nitrogens with zero attached hydrogens (tertiary/aromatic N) is 2.